The number of nitrogens with two attached hydrogens (primary N) is 1. The van der Waals surface area contributed by atoms with Crippen LogP contribution in [0.15, 0.2) is 5.16 Å². The molecule has 0 spiro atoms. The summed E-state index contributed by atoms with van der Waals surface area (Å²) in [6.07, 6.45) is 1.27. The largest absolute Gasteiger partial charge is 0.409 e. The maximum Gasteiger partial charge on any atom is 0.236 e. The number of amidine groups is 1. The predicted molar refractivity (Wildman–Crippen MR) is 54.2 cm³/mol. The zero-order chi connectivity index (χ0) is 11.0. The topological polar surface area (TPSA) is 91.0 Å². The summed E-state index contributed by atoms with van der Waals surface area (Å²) < 4.78 is 0. The van der Waals surface area contributed by atoms with Crippen LogP contribution in [0.1, 0.15) is 12.8 Å². The number of carbonyl (C=O) groups is 1. The van der Waals surface area contributed by atoms with E-state index in [9.17, 15) is 4.79 Å². The van der Waals surface area contributed by atoms with Crippen LogP contribution in [0.25, 0.3) is 0 Å². The summed E-state index contributed by atoms with van der Waals surface area (Å²) in [5.74, 6) is 0.250. The number of amides is 1. The molecule has 0 bridgehead atoms. The first-order chi connectivity index (χ1) is 6.57. The summed E-state index contributed by atoms with van der Waals surface area (Å²) in [5.41, 5.74) is 5.26. The molecule has 0 saturated carbocycles. The number of carbonyl (C=O) groups excluding carboxylic acids is 1. The summed E-state index contributed by atoms with van der Waals surface area (Å²) in [6.45, 7) is 0.999. The Balaban J connectivity index is 3.35. The van der Waals surface area contributed by atoms with E-state index in [0.717, 1.165) is 6.42 Å². The van der Waals surface area contributed by atoms with Crippen LogP contribution in [0.5, 0.6) is 0 Å². The van der Waals surface area contributed by atoms with Crippen LogP contribution in [0.3, 0.4) is 0 Å². The minimum absolute atomic E-state index is 0.0359. The van der Waals surface area contributed by atoms with Gasteiger partial charge in [-0.2, -0.15) is 0 Å². The van der Waals surface area contributed by atoms with E-state index >= 15 is 0 Å². The highest BCUT2D eigenvalue weighted by Crippen LogP contribution is 1.86. The summed E-state index contributed by atoms with van der Waals surface area (Å²) in [5, 5.41) is 14.0. The molecule has 0 aromatic rings. The van der Waals surface area contributed by atoms with Crippen molar-refractivity contribution in [1.82, 2.24) is 10.2 Å². The van der Waals surface area contributed by atoms with Crippen LogP contribution in [0, 0.1) is 0 Å². The Morgan fingerprint density at radius 3 is 2.71 bits per heavy atom. The third-order valence-corrected chi connectivity index (χ3v) is 1.69. The van der Waals surface area contributed by atoms with E-state index in [-0.39, 0.29) is 11.7 Å². The fourth-order valence-corrected chi connectivity index (χ4v) is 0.798. The van der Waals surface area contributed by atoms with E-state index < -0.39 is 0 Å². The molecule has 0 aromatic heterocycles. The summed E-state index contributed by atoms with van der Waals surface area (Å²) in [6, 6.07) is 0. The van der Waals surface area contributed by atoms with Gasteiger partial charge in [0.15, 0.2) is 0 Å². The van der Waals surface area contributed by atoms with Crippen LogP contribution >= 0.6 is 0 Å². The number of rotatable bonds is 6. The number of nitrogens with zero attached hydrogens (tertiary/aromatic N) is 2. The first-order valence-electron chi connectivity index (χ1n) is 4.45. The molecular formula is C8H18N4O2. The van der Waals surface area contributed by atoms with Gasteiger partial charge < -0.3 is 21.2 Å². The second-order valence-electron chi connectivity index (χ2n) is 3.16. The van der Waals surface area contributed by atoms with Gasteiger partial charge in [0.1, 0.15) is 5.84 Å². The average molecular weight is 202 g/mol. The van der Waals surface area contributed by atoms with E-state index in [4.69, 9.17) is 10.9 Å². The van der Waals surface area contributed by atoms with Gasteiger partial charge in [0.2, 0.25) is 5.91 Å². The van der Waals surface area contributed by atoms with Crippen molar-refractivity contribution >= 4 is 11.7 Å². The van der Waals surface area contributed by atoms with Crippen LogP contribution in [0.4, 0.5) is 0 Å². The van der Waals surface area contributed by atoms with Crippen LogP contribution in [-0.4, -0.2) is 49.0 Å². The van der Waals surface area contributed by atoms with Gasteiger partial charge in [-0.15, -0.1) is 0 Å². The number of hydrogen-bond donors (Lipinski definition) is 3. The molecule has 82 valence electrons. The van der Waals surface area contributed by atoms with Crippen LogP contribution in [0.2, 0.25) is 0 Å². The van der Waals surface area contributed by atoms with E-state index in [2.05, 4.69) is 10.5 Å². The Labute approximate surface area is 83.7 Å². The van der Waals surface area contributed by atoms with E-state index in [1.165, 1.54) is 4.90 Å². The van der Waals surface area contributed by atoms with Crippen molar-refractivity contribution < 1.29 is 10.0 Å². The molecule has 0 radical (unpaired) electrons. The summed E-state index contributed by atoms with van der Waals surface area (Å²) >= 11 is 0. The normalized spacial score (nSPS) is 11.4. The Morgan fingerprint density at radius 2 is 2.21 bits per heavy atom. The van der Waals surface area contributed by atoms with Gasteiger partial charge >= 0.3 is 0 Å². The molecule has 0 saturated heterocycles. The highest BCUT2D eigenvalue weighted by molar-refractivity contribution is 5.79. The lowest BCUT2D eigenvalue weighted by atomic mass is 10.3. The standard InChI is InChI=1S/C8H18N4O2/c1-12(2)8(13)6-10-5-3-4-7(9)11-14/h10,14H,3-6H2,1-2H3,(H2,9,11). The minimum atomic E-state index is 0.0359. The first-order valence-corrected chi connectivity index (χ1v) is 4.45. The molecular weight excluding hydrogens is 184 g/mol. The molecule has 6 nitrogen and oxygen atoms in total. The Kier molecular flexibility index (Phi) is 6.47. The van der Waals surface area contributed by atoms with Gasteiger partial charge in [0, 0.05) is 20.5 Å². The SMILES string of the molecule is CN(C)C(=O)CNCCCC(N)=NO. The molecule has 0 unspecified atom stereocenters. The Hall–Kier alpha value is -1.30. The molecule has 4 N–H and O–H groups in total. The van der Waals surface area contributed by atoms with Gasteiger partial charge in [-0.3, -0.25) is 4.79 Å². The van der Waals surface area contributed by atoms with Crippen molar-refractivity contribution in [2.24, 2.45) is 10.9 Å². The van der Waals surface area contributed by atoms with Crippen LogP contribution < -0.4 is 11.1 Å². The van der Waals surface area contributed by atoms with Crippen molar-refractivity contribution in [2.75, 3.05) is 27.2 Å². The van der Waals surface area contributed by atoms with Crippen LogP contribution in [-0.2, 0) is 4.79 Å². The fraction of sp³-hybridized carbons (Fsp3) is 0.750. The minimum Gasteiger partial charge on any atom is -0.409 e. The van der Waals surface area contributed by atoms with Crippen molar-refractivity contribution in [3.8, 4) is 0 Å². The van der Waals surface area contributed by atoms with Crippen molar-refractivity contribution in [3.05, 3.63) is 0 Å². The maximum atomic E-state index is 11.1. The lowest BCUT2D eigenvalue weighted by molar-refractivity contribution is -0.127. The highest BCUT2D eigenvalue weighted by atomic mass is 16.4. The van der Waals surface area contributed by atoms with Gasteiger partial charge in [-0.1, -0.05) is 5.16 Å². The third kappa shape index (κ3) is 6.24. The second-order valence-corrected chi connectivity index (χ2v) is 3.16. The maximum absolute atomic E-state index is 11.1. The molecule has 0 aliphatic carbocycles. The smallest absolute Gasteiger partial charge is 0.236 e. The fourth-order valence-electron chi connectivity index (χ4n) is 0.798. The predicted octanol–water partition coefficient (Wildman–Crippen LogP) is -0.809. The van der Waals surface area contributed by atoms with Crippen molar-refractivity contribution in [2.45, 2.75) is 12.8 Å². The van der Waals surface area contributed by atoms with Crippen molar-refractivity contribution in [1.29, 1.82) is 0 Å². The third-order valence-electron chi connectivity index (χ3n) is 1.69. The number of oxime groups is 1. The number of nitrogens with one attached hydrogen (secondary N) is 1. The van der Waals surface area contributed by atoms with E-state index in [0.29, 0.717) is 19.5 Å². The lowest BCUT2D eigenvalue weighted by Gasteiger charge is -2.10. The van der Waals surface area contributed by atoms with E-state index in [1.807, 2.05) is 0 Å². The zero-order valence-electron chi connectivity index (χ0n) is 8.66. The second kappa shape index (κ2) is 7.14. The summed E-state index contributed by atoms with van der Waals surface area (Å²) in [4.78, 5) is 12.6. The molecule has 0 aromatic carbocycles. The van der Waals surface area contributed by atoms with Gasteiger partial charge in [-0.25, -0.2) is 0 Å². The Bertz CT molecular complexity index is 204. The molecule has 0 atom stereocenters. The van der Waals surface area contributed by atoms with Gasteiger partial charge in [0.25, 0.3) is 0 Å². The average Bonchev–Trinajstić information content (AvgIpc) is 2.16. The highest BCUT2D eigenvalue weighted by Gasteiger charge is 2.01. The quantitative estimate of drug-likeness (QED) is 0.173. The van der Waals surface area contributed by atoms with Gasteiger partial charge in [-0.05, 0) is 13.0 Å². The zero-order valence-corrected chi connectivity index (χ0v) is 8.66. The summed E-state index contributed by atoms with van der Waals surface area (Å²) in [7, 11) is 3.42. The molecule has 14 heavy (non-hydrogen) atoms. The van der Waals surface area contributed by atoms with E-state index in [1.54, 1.807) is 14.1 Å². The van der Waals surface area contributed by atoms with Crippen molar-refractivity contribution in [3.63, 3.8) is 0 Å². The molecule has 0 aliphatic rings. The number of hydrogen-bond acceptors (Lipinski definition) is 4. The van der Waals surface area contributed by atoms with Gasteiger partial charge in [0.05, 0.1) is 6.54 Å². The molecule has 6 heteroatoms. The molecule has 0 heterocycles. The molecule has 1 amide bonds. The lowest BCUT2D eigenvalue weighted by Crippen LogP contribution is -2.33. The molecule has 0 aliphatic heterocycles. The first kappa shape index (κ1) is 12.7. The number of likely N-dealkylation sites (N-methyl/N-ethyl adjacent to an activating group) is 1. The Morgan fingerprint density at radius 1 is 1.57 bits per heavy atom. The monoisotopic (exact) mass is 202 g/mol. The molecule has 0 fully saturated rings. The molecule has 0 rings (SSSR count).